The summed E-state index contributed by atoms with van der Waals surface area (Å²) >= 11 is 0. The Labute approximate surface area is 121 Å². The van der Waals surface area contributed by atoms with Gasteiger partial charge in [0.1, 0.15) is 0 Å². The van der Waals surface area contributed by atoms with Crippen molar-refractivity contribution in [3.05, 3.63) is 17.7 Å². The number of hydrogen-bond acceptors (Lipinski definition) is 3. The molecule has 20 heavy (non-hydrogen) atoms. The van der Waals surface area contributed by atoms with Crippen molar-refractivity contribution in [3.63, 3.8) is 0 Å². The number of nitrogens with one attached hydrogen (secondary N) is 2. The molecule has 4 heteroatoms. The van der Waals surface area contributed by atoms with E-state index in [4.69, 9.17) is 0 Å². The first-order valence-corrected chi connectivity index (χ1v) is 8.39. The highest BCUT2D eigenvalue weighted by molar-refractivity contribution is 5.16. The van der Waals surface area contributed by atoms with E-state index in [-0.39, 0.29) is 0 Å². The topological polar surface area (TPSA) is 44.0 Å². The van der Waals surface area contributed by atoms with Crippen molar-refractivity contribution in [1.29, 1.82) is 0 Å². The van der Waals surface area contributed by atoms with Gasteiger partial charge in [0.05, 0.1) is 17.7 Å². The maximum Gasteiger partial charge on any atom is 0.0925 e. The van der Waals surface area contributed by atoms with Gasteiger partial charge in [-0.15, -0.1) is 0 Å². The van der Waals surface area contributed by atoms with E-state index in [1.165, 1.54) is 63.0 Å². The number of nitrogens with zero attached hydrogens (tertiary/aromatic N) is 2. The van der Waals surface area contributed by atoms with Gasteiger partial charge in [-0.05, 0) is 38.1 Å². The monoisotopic (exact) mass is 274 g/mol. The molecule has 3 heterocycles. The Balaban J connectivity index is 1.41. The average Bonchev–Trinajstić information content (AvgIpc) is 2.95. The van der Waals surface area contributed by atoms with Crippen LogP contribution in [0.15, 0.2) is 6.33 Å². The Bertz CT molecular complexity index is 453. The van der Waals surface area contributed by atoms with E-state index < -0.39 is 0 Å². The molecule has 0 bridgehead atoms. The van der Waals surface area contributed by atoms with Crippen LogP contribution in [0.1, 0.15) is 49.9 Å². The van der Waals surface area contributed by atoms with E-state index >= 15 is 0 Å². The minimum absolute atomic E-state index is 0.589. The maximum atomic E-state index is 4.47. The summed E-state index contributed by atoms with van der Waals surface area (Å²) in [7, 11) is 0. The first-order valence-electron chi connectivity index (χ1n) is 8.39. The van der Waals surface area contributed by atoms with Crippen molar-refractivity contribution in [2.24, 2.45) is 5.92 Å². The number of aromatic amines is 1. The summed E-state index contributed by atoms with van der Waals surface area (Å²) in [5, 5.41) is 3.69. The standard InChI is InChI=1S/C16H26N4/c1-2-6-16-12(4-1)5-3-7-20(16)10-13-8-14-15(9-17-13)19-11-18-14/h11-13,16-17H,1-10H2,(H,18,19). The Kier molecular flexibility index (Phi) is 3.52. The number of piperidine rings is 1. The molecule has 3 unspecified atom stereocenters. The lowest BCUT2D eigenvalue weighted by molar-refractivity contribution is 0.0520. The molecule has 3 aliphatic rings. The molecule has 2 aliphatic heterocycles. The van der Waals surface area contributed by atoms with Crippen LogP contribution in [0.3, 0.4) is 0 Å². The van der Waals surface area contributed by atoms with Crippen LogP contribution in [0, 0.1) is 5.92 Å². The van der Waals surface area contributed by atoms with Crippen LogP contribution in [0.2, 0.25) is 0 Å². The molecule has 2 fully saturated rings. The molecule has 3 atom stereocenters. The summed E-state index contributed by atoms with van der Waals surface area (Å²) in [5.74, 6) is 0.988. The van der Waals surface area contributed by atoms with Gasteiger partial charge in [0.2, 0.25) is 0 Å². The highest BCUT2D eigenvalue weighted by Crippen LogP contribution is 2.35. The zero-order valence-corrected chi connectivity index (χ0v) is 12.3. The van der Waals surface area contributed by atoms with Gasteiger partial charge >= 0.3 is 0 Å². The van der Waals surface area contributed by atoms with Gasteiger partial charge in [-0.25, -0.2) is 4.98 Å². The second-order valence-electron chi connectivity index (χ2n) is 6.86. The van der Waals surface area contributed by atoms with Crippen molar-refractivity contribution in [2.45, 2.75) is 63.6 Å². The summed E-state index contributed by atoms with van der Waals surface area (Å²) in [6.07, 6.45) is 11.6. The van der Waals surface area contributed by atoms with Gasteiger partial charge in [0, 0.05) is 31.6 Å². The predicted octanol–water partition coefficient (Wildman–Crippen LogP) is 2.08. The summed E-state index contributed by atoms with van der Waals surface area (Å²) in [5.41, 5.74) is 2.57. The molecule has 1 aromatic rings. The minimum atomic E-state index is 0.589. The molecular formula is C16H26N4. The second-order valence-corrected chi connectivity index (χ2v) is 6.86. The number of imidazole rings is 1. The molecule has 0 radical (unpaired) electrons. The van der Waals surface area contributed by atoms with Crippen LogP contribution < -0.4 is 5.32 Å². The van der Waals surface area contributed by atoms with E-state index in [1.54, 1.807) is 0 Å². The molecule has 1 saturated heterocycles. The minimum Gasteiger partial charge on any atom is -0.347 e. The predicted molar refractivity (Wildman–Crippen MR) is 79.5 cm³/mol. The van der Waals surface area contributed by atoms with Gasteiger partial charge < -0.3 is 10.3 Å². The van der Waals surface area contributed by atoms with E-state index in [0.717, 1.165) is 24.9 Å². The highest BCUT2D eigenvalue weighted by Gasteiger charge is 2.34. The van der Waals surface area contributed by atoms with Gasteiger partial charge in [0.25, 0.3) is 0 Å². The lowest BCUT2D eigenvalue weighted by Crippen LogP contribution is -2.53. The number of hydrogen-bond donors (Lipinski definition) is 2. The van der Waals surface area contributed by atoms with Gasteiger partial charge in [-0.2, -0.15) is 0 Å². The molecule has 0 spiro atoms. The number of fused-ring (bicyclic) bond motifs is 2. The Hall–Kier alpha value is -0.870. The molecule has 2 N–H and O–H groups in total. The van der Waals surface area contributed by atoms with Crippen molar-refractivity contribution in [2.75, 3.05) is 13.1 Å². The third-order valence-corrected chi connectivity index (χ3v) is 5.63. The van der Waals surface area contributed by atoms with Crippen molar-refractivity contribution in [3.8, 4) is 0 Å². The quantitative estimate of drug-likeness (QED) is 0.868. The molecule has 110 valence electrons. The number of aromatic nitrogens is 2. The normalized spacial score (nSPS) is 34.5. The highest BCUT2D eigenvalue weighted by atomic mass is 15.2. The second kappa shape index (κ2) is 5.49. The fourth-order valence-electron chi connectivity index (χ4n) is 4.60. The van der Waals surface area contributed by atoms with Crippen molar-refractivity contribution >= 4 is 0 Å². The smallest absolute Gasteiger partial charge is 0.0925 e. The largest absolute Gasteiger partial charge is 0.347 e. The SMILES string of the molecule is c1nc2c([nH]1)CNC(CN1CCCC3CCCCC31)C2. The average molecular weight is 274 g/mol. The lowest BCUT2D eigenvalue weighted by Gasteiger charge is -2.45. The van der Waals surface area contributed by atoms with Crippen LogP contribution in [0.5, 0.6) is 0 Å². The fraction of sp³-hybridized carbons (Fsp3) is 0.812. The Morgan fingerprint density at radius 1 is 1.20 bits per heavy atom. The third-order valence-electron chi connectivity index (χ3n) is 5.63. The zero-order valence-electron chi connectivity index (χ0n) is 12.3. The molecule has 0 amide bonds. The van der Waals surface area contributed by atoms with Gasteiger partial charge in [-0.3, -0.25) is 4.90 Å². The van der Waals surface area contributed by atoms with E-state index in [9.17, 15) is 0 Å². The van der Waals surface area contributed by atoms with Crippen LogP contribution in [0.25, 0.3) is 0 Å². The van der Waals surface area contributed by atoms with Crippen LogP contribution in [-0.4, -0.2) is 40.0 Å². The zero-order chi connectivity index (χ0) is 13.4. The summed E-state index contributed by atoms with van der Waals surface area (Å²) < 4.78 is 0. The molecule has 4 nitrogen and oxygen atoms in total. The summed E-state index contributed by atoms with van der Waals surface area (Å²) in [6, 6.07) is 1.46. The van der Waals surface area contributed by atoms with Gasteiger partial charge in [0.15, 0.2) is 0 Å². The van der Waals surface area contributed by atoms with Crippen molar-refractivity contribution < 1.29 is 0 Å². The fourth-order valence-corrected chi connectivity index (χ4v) is 4.60. The number of rotatable bonds is 2. The third kappa shape index (κ3) is 2.40. The molecular weight excluding hydrogens is 248 g/mol. The molecule has 1 saturated carbocycles. The lowest BCUT2D eigenvalue weighted by atomic mass is 9.78. The van der Waals surface area contributed by atoms with E-state index in [1.807, 2.05) is 6.33 Å². The first kappa shape index (κ1) is 12.8. The first-order chi connectivity index (χ1) is 9.90. The summed E-state index contributed by atoms with van der Waals surface area (Å²) in [4.78, 5) is 10.5. The number of likely N-dealkylation sites (tertiary alicyclic amines) is 1. The van der Waals surface area contributed by atoms with Crippen LogP contribution >= 0.6 is 0 Å². The van der Waals surface area contributed by atoms with Gasteiger partial charge in [-0.1, -0.05) is 12.8 Å². The van der Waals surface area contributed by atoms with E-state index in [0.29, 0.717) is 6.04 Å². The summed E-state index contributed by atoms with van der Waals surface area (Å²) in [6.45, 7) is 3.49. The molecule has 1 aliphatic carbocycles. The Morgan fingerprint density at radius 3 is 3.10 bits per heavy atom. The van der Waals surface area contributed by atoms with Crippen LogP contribution in [-0.2, 0) is 13.0 Å². The molecule has 0 aromatic carbocycles. The molecule has 1 aromatic heterocycles. The molecule has 4 rings (SSSR count). The van der Waals surface area contributed by atoms with Crippen molar-refractivity contribution in [1.82, 2.24) is 20.2 Å². The van der Waals surface area contributed by atoms with E-state index in [2.05, 4.69) is 20.2 Å². The number of H-pyrrole nitrogens is 1. The van der Waals surface area contributed by atoms with Crippen LogP contribution in [0.4, 0.5) is 0 Å². The maximum absolute atomic E-state index is 4.47. The Morgan fingerprint density at radius 2 is 2.10 bits per heavy atom.